The Morgan fingerprint density at radius 1 is 1.15 bits per heavy atom. The lowest BCUT2D eigenvalue weighted by Crippen LogP contribution is -2.06. The Kier molecular flexibility index (Phi) is 4.06. The lowest BCUT2D eigenvalue weighted by molar-refractivity contribution is 0.103. The van der Waals surface area contributed by atoms with Crippen LogP contribution in [-0.2, 0) is 9.84 Å². The summed E-state index contributed by atoms with van der Waals surface area (Å²) in [7, 11) is -3.41. The van der Waals surface area contributed by atoms with E-state index in [1.54, 1.807) is 6.07 Å². The Labute approximate surface area is 124 Å². The molecule has 0 spiro atoms. The largest absolute Gasteiger partial charge is 0.288 e. The highest BCUT2D eigenvalue weighted by Crippen LogP contribution is 2.22. The average molecular weight is 357 g/mol. The van der Waals surface area contributed by atoms with Crippen molar-refractivity contribution in [2.24, 2.45) is 0 Å². The highest BCUT2D eigenvalue weighted by Gasteiger charge is 2.17. The van der Waals surface area contributed by atoms with Crippen LogP contribution in [0.25, 0.3) is 0 Å². The molecule has 0 fully saturated rings. The van der Waals surface area contributed by atoms with Crippen LogP contribution in [0.1, 0.15) is 15.9 Å². The van der Waals surface area contributed by atoms with Gasteiger partial charge in [-0.15, -0.1) is 0 Å². The minimum Gasteiger partial charge on any atom is -0.288 e. The third-order valence-corrected chi connectivity index (χ3v) is 4.44. The summed E-state index contributed by atoms with van der Waals surface area (Å²) >= 11 is 3.01. The second-order valence-electron chi connectivity index (χ2n) is 4.23. The molecule has 0 amide bonds. The predicted octanol–water partition coefficient (Wildman–Crippen LogP) is 3.22. The summed E-state index contributed by atoms with van der Waals surface area (Å²) in [6.45, 7) is 0. The van der Waals surface area contributed by atoms with Gasteiger partial charge in [0.1, 0.15) is 5.82 Å². The van der Waals surface area contributed by atoms with Crippen molar-refractivity contribution in [2.45, 2.75) is 4.90 Å². The number of ketones is 1. The maximum atomic E-state index is 13.9. The minimum atomic E-state index is -3.41. The lowest BCUT2D eigenvalue weighted by Gasteiger charge is -2.05. The molecule has 0 aromatic heterocycles. The summed E-state index contributed by atoms with van der Waals surface area (Å²) in [6.07, 6.45) is 1.05. The van der Waals surface area contributed by atoms with Crippen LogP contribution < -0.4 is 0 Å². The van der Waals surface area contributed by atoms with E-state index >= 15 is 0 Å². The maximum Gasteiger partial charge on any atom is 0.196 e. The summed E-state index contributed by atoms with van der Waals surface area (Å²) < 4.78 is 37.0. The van der Waals surface area contributed by atoms with E-state index in [4.69, 9.17) is 0 Å². The van der Waals surface area contributed by atoms with Gasteiger partial charge in [0, 0.05) is 11.8 Å². The van der Waals surface area contributed by atoms with Gasteiger partial charge >= 0.3 is 0 Å². The molecule has 2 rings (SSSR count). The fourth-order valence-electron chi connectivity index (χ4n) is 1.70. The predicted molar refractivity (Wildman–Crippen MR) is 77.1 cm³/mol. The zero-order chi connectivity index (χ0) is 14.9. The molecular weight excluding hydrogens is 347 g/mol. The molecule has 2 aromatic rings. The van der Waals surface area contributed by atoms with Crippen molar-refractivity contribution in [3.05, 3.63) is 63.9 Å². The standard InChI is InChI=1S/C14H10BrFO3S/c1-20(18,19)10-5-2-4-9(8-10)14(17)11-6-3-7-12(15)13(11)16/h2-8H,1H3. The Bertz CT molecular complexity index is 785. The van der Waals surface area contributed by atoms with Crippen molar-refractivity contribution < 1.29 is 17.6 Å². The van der Waals surface area contributed by atoms with Gasteiger partial charge in [0.15, 0.2) is 15.6 Å². The van der Waals surface area contributed by atoms with E-state index in [0.717, 1.165) is 6.26 Å². The Hall–Kier alpha value is -1.53. The molecule has 3 nitrogen and oxygen atoms in total. The second kappa shape index (κ2) is 5.46. The maximum absolute atomic E-state index is 13.9. The van der Waals surface area contributed by atoms with E-state index < -0.39 is 21.4 Å². The molecule has 0 aliphatic carbocycles. The first-order valence-corrected chi connectivity index (χ1v) is 8.28. The van der Waals surface area contributed by atoms with Crippen LogP contribution in [-0.4, -0.2) is 20.5 Å². The molecule has 0 saturated carbocycles. The number of carbonyl (C=O) groups is 1. The fourth-order valence-corrected chi connectivity index (χ4v) is 2.74. The highest BCUT2D eigenvalue weighted by atomic mass is 79.9. The van der Waals surface area contributed by atoms with E-state index in [2.05, 4.69) is 15.9 Å². The van der Waals surface area contributed by atoms with Gasteiger partial charge in [0.2, 0.25) is 0 Å². The van der Waals surface area contributed by atoms with Crippen LogP contribution in [0, 0.1) is 5.82 Å². The molecule has 0 atom stereocenters. The SMILES string of the molecule is CS(=O)(=O)c1cccc(C(=O)c2cccc(Br)c2F)c1. The van der Waals surface area contributed by atoms with Crippen molar-refractivity contribution >= 4 is 31.6 Å². The molecule has 0 unspecified atom stereocenters. The Morgan fingerprint density at radius 2 is 1.80 bits per heavy atom. The third-order valence-electron chi connectivity index (χ3n) is 2.72. The molecule has 0 saturated heterocycles. The smallest absolute Gasteiger partial charge is 0.196 e. The number of benzene rings is 2. The van der Waals surface area contributed by atoms with Crippen molar-refractivity contribution in [1.29, 1.82) is 0 Å². The summed E-state index contributed by atoms with van der Waals surface area (Å²) in [4.78, 5) is 12.3. The topological polar surface area (TPSA) is 51.2 Å². The molecular formula is C14H10BrFO3S. The molecule has 0 aliphatic rings. The van der Waals surface area contributed by atoms with Crippen LogP contribution in [0.2, 0.25) is 0 Å². The van der Waals surface area contributed by atoms with Crippen LogP contribution in [0.15, 0.2) is 51.8 Å². The van der Waals surface area contributed by atoms with E-state index in [1.807, 2.05) is 0 Å². The summed E-state index contributed by atoms with van der Waals surface area (Å²) in [5.41, 5.74) is 0.0231. The molecule has 2 aromatic carbocycles. The molecule has 0 aliphatic heterocycles. The Morgan fingerprint density at radius 3 is 2.45 bits per heavy atom. The van der Waals surface area contributed by atoms with Gasteiger partial charge in [-0.25, -0.2) is 12.8 Å². The zero-order valence-corrected chi connectivity index (χ0v) is 12.8. The molecule has 0 N–H and O–H groups in total. The van der Waals surface area contributed by atoms with Crippen LogP contribution in [0.3, 0.4) is 0 Å². The van der Waals surface area contributed by atoms with E-state index in [9.17, 15) is 17.6 Å². The summed E-state index contributed by atoms with van der Waals surface area (Å²) in [5, 5.41) is 0. The van der Waals surface area contributed by atoms with E-state index in [-0.39, 0.29) is 20.5 Å². The van der Waals surface area contributed by atoms with Gasteiger partial charge in [-0.05, 0) is 40.2 Å². The third kappa shape index (κ3) is 2.96. The molecule has 0 heterocycles. The van der Waals surface area contributed by atoms with Crippen molar-refractivity contribution in [3.63, 3.8) is 0 Å². The highest BCUT2D eigenvalue weighted by molar-refractivity contribution is 9.10. The zero-order valence-electron chi connectivity index (χ0n) is 10.4. The van der Waals surface area contributed by atoms with Crippen LogP contribution in [0.5, 0.6) is 0 Å². The first-order chi connectivity index (χ1) is 9.30. The first-order valence-electron chi connectivity index (χ1n) is 5.59. The van der Waals surface area contributed by atoms with Crippen molar-refractivity contribution in [3.8, 4) is 0 Å². The van der Waals surface area contributed by atoms with Gasteiger partial charge in [-0.1, -0.05) is 18.2 Å². The van der Waals surface area contributed by atoms with Gasteiger partial charge in [0.25, 0.3) is 0 Å². The molecule has 0 radical (unpaired) electrons. The summed E-state index contributed by atoms with van der Waals surface area (Å²) in [5.74, 6) is -1.23. The Balaban J connectivity index is 2.52. The quantitative estimate of drug-likeness (QED) is 0.793. The van der Waals surface area contributed by atoms with Crippen molar-refractivity contribution in [2.75, 3.05) is 6.26 Å². The number of hydrogen-bond acceptors (Lipinski definition) is 3. The van der Waals surface area contributed by atoms with Gasteiger partial charge in [-0.2, -0.15) is 0 Å². The van der Waals surface area contributed by atoms with Gasteiger partial charge in [0.05, 0.1) is 14.9 Å². The normalized spacial score (nSPS) is 11.3. The second-order valence-corrected chi connectivity index (χ2v) is 7.10. The molecule has 0 bridgehead atoms. The number of rotatable bonds is 3. The van der Waals surface area contributed by atoms with Gasteiger partial charge in [-0.3, -0.25) is 4.79 Å². The fraction of sp³-hybridized carbons (Fsp3) is 0.0714. The number of halogens is 2. The molecule has 20 heavy (non-hydrogen) atoms. The number of carbonyl (C=O) groups excluding carboxylic acids is 1. The number of hydrogen-bond donors (Lipinski definition) is 0. The lowest BCUT2D eigenvalue weighted by atomic mass is 10.0. The summed E-state index contributed by atoms with van der Waals surface area (Å²) in [6, 6.07) is 9.94. The van der Waals surface area contributed by atoms with Crippen molar-refractivity contribution in [1.82, 2.24) is 0 Å². The first kappa shape index (κ1) is 14.9. The average Bonchev–Trinajstić information content (AvgIpc) is 2.40. The van der Waals surface area contributed by atoms with E-state index in [0.29, 0.717) is 0 Å². The van der Waals surface area contributed by atoms with Crippen LogP contribution >= 0.6 is 15.9 Å². The van der Waals surface area contributed by atoms with Crippen LogP contribution in [0.4, 0.5) is 4.39 Å². The van der Waals surface area contributed by atoms with Gasteiger partial charge < -0.3 is 0 Å². The molecule has 6 heteroatoms. The number of sulfone groups is 1. The molecule has 104 valence electrons. The van der Waals surface area contributed by atoms with E-state index in [1.165, 1.54) is 36.4 Å². The minimum absolute atomic E-state index is 0.0266. The monoisotopic (exact) mass is 356 g/mol.